The summed E-state index contributed by atoms with van der Waals surface area (Å²) in [6.45, 7) is 0. The molecule has 1 nitrogen and oxygen atoms in total. The van der Waals surface area contributed by atoms with E-state index >= 15 is 0 Å². The molecule has 0 aromatic heterocycles. The summed E-state index contributed by atoms with van der Waals surface area (Å²) in [7, 11) is 0. The highest BCUT2D eigenvalue weighted by molar-refractivity contribution is 6.66. The number of hydrogen-bond acceptors (Lipinski definition) is 1. The number of hydrogen-bond donors (Lipinski definition) is 1. The van der Waals surface area contributed by atoms with Crippen LogP contribution in [0.15, 0.2) is 18.2 Å². The minimum absolute atomic E-state index is 0.0625. The van der Waals surface area contributed by atoms with E-state index in [1.54, 1.807) is 0 Å². The molecule has 0 spiro atoms. The summed E-state index contributed by atoms with van der Waals surface area (Å²) in [4.78, 5) is 0. The van der Waals surface area contributed by atoms with Crippen molar-refractivity contribution in [2.45, 2.75) is 3.79 Å². The maximum Gasteiger partial charge on any atom is 0.219 e. The fourth-order valence-corrected chi connectivity index (χ4v) is 1.19. The van der Waals surface area contributed by atoms with Gasteiger partial charge in [0.05, 0.1) is 0 Å². The normalized spacial score (nSPS) is 11.7. The van der Waals surface area contributed by atoms with E-state index in [9.17, 15) is 4.39 Å². The van der Waals surface area contributed by atoms with Crippen molar-refractivity contribution in [2.24, 2.45) is 0 Å². The fourth-order valence-electron chi connectivity index (χ4n) is 0.735. The molecule has 0 bridgehead atoms. The third-order valence-corrected chi connectivity index (χ3v) is 1.87. The number of rotatable bonds is 0. The third kappa shape index (κ3) is 2.16. The van der Waals surface area contributed by atoms with Crippen molar-refractivity contribution in [1.29, 1.82) is 0 Å². The van der Waals surface area contributed by atoms with E-state index in [1.807, 2.05) is 0 Å². The van der Waals surface area contributed by atoms with Gasteiger partial charge in [0.15, 0.2) is 0 Å². The van der Waals surface area contributed by atoms with Crippen LogP contribution in [0.4, 0.5) is 4.39 Å². The lowest BCUT2D eigenvalue weighted by Crippen LogP contribution is -2.00. The van der Waals surface area contributed by atoms with Gasteiger partial charge in [0.2, 0.25) is 3.79 Å². The van der Waals surface area contributed by atoms with Gasteiger partial charge in [0.25, 0.3) is 0 Å². The molecule has 0 saturated carbocycles. The lowest BCUT2D eigenvalue weighted by atomic mass is 10.2. The van der Waals surface area contributed by atoms with Crippen molar-refractivity contribution in [3.8, 4) is 5.75 Å². The first-order valence-electron chi connectivity index (χ1n) is 2.97. The second kappa shape index (κ2) is 3.29. The molecule has 0 aliphatic heterocycles. The molecule has 12 heavy (non-hydrogen) atoms. The van der Waals surface area contributed by atoms with Crippen LogP contribution in [0.1, 0.15) is 5.56 Å². The van der Waals surface area contributed by atoms with E-state index in [2.05, 4.69) is 0 Å². The van der Waals surface area contributed by atoms with Gasteiger partial charge in [0, 0.05) is 5.56 Å². The highest BCUT2D eigenvalue weighted by Crippen LogP contribution is 2.42. The summed E-state index contributed by atoms with van der Waals surface area (Å²) < 4.78 is 10.8. The number of phenolic OH excluding ortho intramolecular Hbond substituents is 1. The molecule has 0 atom stereocenters. The van der Waals surface area contributed by atoms with Gasteiger partial charge >= 0.3 is 0 Å². The Hall–Kier alpha value is -0.180. The Labute approximate surface area is 83.7 Å². The molecular formula is C7H4Cl3FO. The summed E-state index contributed by atoms with van der Waals surface area (Å²) in [5.41, 5.74) is -0.0625. The van der Waals surface area contributed by atoms with E-state index in [1.165, 1.54) is 0 Å². The Kier molecular flexibility index (Phi) is 2.71. The van der Waals surface area contributed by atoms with Crippen LogP contribution in [0.3, 0.4) is 0 Å². The van der Waals surface area contributed by atoms with Gasteiger partial charge in [-0.2, -0.15) is 0 Å². The SMILES string of the molecule is Oc1ccc(F)cc1C(Cl)(Cl)Cl. The average molecular weight is 229 g/mol. The molecular weight excluding hydrogens is 225 g/mol. The average Bonchev–Trinajstić information content (AvgIpc) is 1.92. The Morgan fingerprint density at radius 2 is 1.83 bits per heavy atom. The van der Waals surface area contributed by atoms with Gasteiger partial charge in [0.1, 0.15) is 11.6 Å². The second-order valence-electron chi connectivity index (χ2n) is 2.16. The van der Waals surface area contributed by atoms with Crippen LogP contribution in [0.5, 0.6) is 5.75 Å². The molecule has 0 saturated heterocycles. The van der Waals surface area contributed by atoms with Crippen molar-refractivity contribution < 1.29 is 9.50 Å². The molecule has 0 aliphatic rings. The molecule has 66 valence electrons. The minimum Gasteiger partial charge on any atom is -0.508 e. The molecule has 0 amide bonds. The smallest absolute Gasteiger partial charge is 0.219 e. The van der Waals surface area contributed by atoms with Crippen LogP contribution in [0.25, 0.3) is 0 Å². The zero-order chi connectivity index (χ0) is 9.35. The van der Waals surface area contributed by atoms with Gasteiger partial charge in [-0.15, -0.1) is 0 Å². The number of aromatic hydroxyl groups is 1. The second-order valence-corrected chi connectivity index (χ2v) is 4.44. The summed E-state index contributed by atoms with van der Waals surface area (Å²) in [6.07, 6.45) is 0. The van der Waals surface area contributed by atoms with E-state index in [4.69, 9.17) is 39.9 Å². The monoisotopic (exact) mass is 228 g/mol. The molecule has 1 aromatic carbocycles. The van der Waals surface area contributed by atoms with Crippen molar-refractivity contribution in [3.63, 3.8) is 0 Å². The van der Waals surface area contributed by atoms with Gasteiger partial charge in [-0.05, 0) is 18.2 Å². The minimum atomic E-state index is -1.80. The fraction of sp³-hybridized carbons (Fsp3) is 0.143. The molecule has 1 N–H and O–H groups in total. The number of halogens is 4. The molecule has 5 heteroatoms. The van der Waals surface area contributed by atoms with E-state index in [0.717, 1.165) is 18.2 Å². The van der Waals surface area contributed by atoms with Crippen molar-refractivity contribution in [2.75, 3.05) is 0 Å². The number of alkyl halides is 3. The Morgan fingerprint density at radius 1 is 1.25 bits per heavy atom. The first-order valence-corrected chi connectivity index (χ1v) is 4.10. The molecule has 0 unspecified atom stereocenters. The van der Waals surface area contributed by atoms with E-state index in [0.29, 0.717) is 0 Å². The topological polar surface area (TPSA) is 20.2 Å². The molecule has 1 rings (SSSR count). The molecule has 1 aromatic rings. The predicted octanol–water partition coefficient (Wildman–Crippen LogP) is 3.36. The van der Waals surface area contributed by atoms with E-state index < -0.39 is 9.61 Å². The first kappa shape index (κ1) is 9.90. The van der Waals surface area contributed by atoms with Crippen molar-refractivity contribution in [1.82, 2.24) is 0 Å². The van der Waals surface area contributed by atoms with Crippen molar-refractivity contribution >= 4 is 34.8 Å². The van der Waals surface area contributed by atoms with Gasteiger partial charge in [-0.1, -0.05) is 34.8 Å². The standard InChI is InChI=1S/C7H4Cl3FO/c8-7(9,10)5-3-4(11)1-2-6(5)12/h1-3,12H. The van der Waals surface area contributed by atoms with Gasteiger partial charge < -0.3 is 5.11 Å². The summed E-state index contributed by atoms with van der Waals surface area (Å²) in [5, 5.41) is 9.15. The largest absolute Gasteiger partial charge is 0.508 e. The van der Waals surface area contributed by atoms with Crippen LogP contribution < -0.4 is 0 Å². The van der Waals surface area contributed by atoms with Gasteiger partial charge in [-0.3, -0.25) is 0 Å². The maximum atomic E-state index is 12.6. The third-order valence-electron chi connectivity index (χ3n) is 1.26. The zero-order valence-corrected chi connectivity index (χ0v) is 7.96. The molecule has 0 heterocycles. The Morgan fingerprint density at radius 3 is 2.25 bits per heavy atom. The predicted molar refractivity (Wildman–Crippen MR) is 47.3 cm³/mol. The van der Waals surface area contributed by atoms with Crippen LogP contribution in [0, 0.1) is 5.82 Å². The van der Waals surface area contributed by atoms with Crippen LogP contribution >= 0.6 is 34.8 Å². The zero-order valence-electron chi connectivity index (χ0n) is 5.69. The van der Waals surface area contributed by atoms with Crippen molar-refractivity contribution in [3.05, 3.63) is 29.6 Å². The Balaban J connectivity index is 3.23. The van der Waals surface area contributed by atoms with Crippen LogP contribution in [-0.4, -0.2) is 5.11 Å². The highest BCUT2D eigenvalue weighted by atomic mass is 35.6. The first-order chi connectivity index (χ1) is 5.41. The quantitative estimate of drug-likeness (QED) is 0.676. The summed E-state index contributed by atoms with van der Waals surface area (Å²) in [5.74, 6) is -0.800. The molecule has 0 fully saturated rings. The molecule has 0 radical (unpaired) electrons. The summed E-state index contributed by atoms with van der Waals surface area (Å²) in [6, 6.07) is 3.18. The molecule has 0 aliphatic carbocycles. The Bertz CT molecular complexity index is 295. The summed E-state index contributed by atoms with van der Waals surface area (Å²) >= 11 is 16.3. The highest BCUT2D eigenvalue weighted by Gasteiger charge is 2.26. The number of benzene rings is 1. The van der Waals surface area contributed by atoms with Crippen LogP contribution in [0.2, 0.25) is 0 Å². The van der Waals surface area contributed by atoms with E-state index in [-0.39, 0.29) is 11.3 Å². The lowest BCUT2D eigenvalue weighted by molar-refractivity contribution is 0.466. The maximum absolute atomic E-state index is 12.6. The van der Waals surface area contributed by atoms with Crippen LogP contribution in [-0.2, 0) is 3.79 Å². The van der Waals surface area contributed by atoms with Gasteiger partial charge in [-0.25, -0.2) is 4.39 Å². The lowest BCUT2D eigenvalue weighted by Gasteiger charge is -2.12. The number of phenols is 1.